The second kappa shape index (κ2) is 10.2. The van der Waals surface area contributed by atoms with Crippen molar-refractivity contribution in [2.45, 2.75) is 12.3 Å². The Morgan fingerprint density at radius 1 is 1.11 bits per heavy atom. The van der Waals surface area contributed by atoms with Gasteiger partial charge < -0.3 is 14.9 Å². The Balaban J connectivity index is 1.73. The molecule has 2 N–H and O–H groups in total. The third kappa shape index (κ3) is 5.34. The van der Waals surface area contributed by atoms with Crippen LogP contribution in [0, 0.1) is 5.82 Å². The SMILES string of the molecule is Cn1cc(C(C[C@@H](c2ccc(-c3csc(C(=O)O)c3)cc2)c2ccc(Cl)cc2F)=NO)ccc1=O. The number of aromatic nitrogens is 1. The molecule has 0 bridgehead atoms. The predicted octanol–water partition coefficient (Wildman–Crippen LogP) is 6.01. The van der Waals surface area contributed by atoms with E-state index >= 15 is 0 Å². The van der Waals surface area contributed by atoms with Crippen molar-refractivity contribution in [1.29, 1.82) is 0 Å². The maximum absolute atomic E-state index is 15.0. The fourth-order valence-electron chi connectivity index (χ4n) is 3.87. The van der Waals surface area contributed by atoms with E-state index in [9.17, 15) is 24.3 Å². The lowest BCUT2D eigenvalue weighted by Crippen LogP contribution is -2.18. The standard InChI is InChI=1S/C26H20ClFN2O4S/c1-30-13-17(6-9-25(30)31)23(29-34)12-21(20-8-7-19(27)11-22(20)28)16-4-2-15(3-5-16)18-10-24(26(32)33)35-14-18/h2-11,13-14,21,34H,12H2,1H3,(H,32,33)/t21-/m0/s1. The van der Waals surface area contributed by atoms with Crippen molar-refractivity contribution in [3.05, 3.63) is 115 Å². The van der Waals surface area contributed by atoms with Crippen LogP contribution in [0.1, 0.15) is 38.7 Å². The van der Waals surface area contributed by atoms with Gasteiger partial charge in [0, 0.05) is 42.2 Å². The number of aromatic carboxylic acids is 1. The number of rotatable bonds is 7. The lowest BCUT2D eigenvalue weighted by Gasteiger charge is -2.20. The molecule has 0 aliphatic heterocycles. The van der Waals surface area contributed by atoms with E-state index in [0.717, 1.165) is 28.0 Å². The van der Waals surface area contributed by atoms with Gasteiger partial charge in [0.05, 0.1) is 5.71 Å². The van der Waals surface area contributed by atoms with E-state index in [1.807, 2.05) is 24.3 Å². The summed E-state index contributed by atoms with van der Waals surface area (Å²) in [6.45, 7) is 0. The number of aryl methyl sites for hydroxylation is 1. The van der Waals surface area contributed by atoms with Gasteiger partial charge >= 0.3 is 5.97 Å². The van der Waals surface area contributed by atoms with Crippen molar-refractivity contribution in [2.75, 3.05) is 0 Å². The Hall–Kier alpha value is -3.75. The van der Waals surface area contributed by atoms with Crippen molar-refractivity contribution in [1.82, 2.24) is 4.57 Å². The van der Waals surface area contributed by atoms with E-state index in [1.165, 1.54) is 16.7 Å². The Morgan fingerprint density at radius 3 is 2.46 bits per heavy atom. The van der Waals surface area contributed by atoms with E-state index in [1.54, 1.807) is 42.9 Å². The highest BCUT2D eigenvalue weighted by molar-refractivity contribution is 7.12. The second-order valence-electron chi connectivity index (χ2n) is 7.96. The van der Waals surface area contributed by atoms with Crippen molar-refractivity contribution in [2.24, 2.45) is 12.2 Å². The summed E-state index contributed by atoms with van der Waals surface area (Å²) in [5.41, 5.74) is 3.34. The minimum Gasteiger partial charge on any atom is -0.477 e. The Morgan fingerprint density at radius 2 is 1.86 bits per heavy atom. The molecule has 0 aliphatic rings. The fraction of sp³-hybridized carbons (Fsp3) is 0.115. The molecule has 9 heteroatoms. The molecule has 0 aliphatic carbocycles. The number of hydrogen-bond acceptors (Lipinski definition) is 5. The maximum atomic E-state index is 15.0. The molecule has 2 heterocycles. The van der Waals surface area contributed by atoms with Crippen LogP contribution in [0.15, 0.2) is 82.2 Å². The van der Waals surface area contributed by atoms with Gasteiger partial charge in [-0.05, 0) is 51.9 Å². The van der Waals surface area contributed by atoms with Crippen LogP contribution in [0.3, 0.4) is 0 Å². The summed E-state index contributed by atoms with van der Waals surface area (Å²) >= 11 is 7.11. The summed E-state index contributed by atoms with van der Waals surface area (Å²) in [7, 11) is 1.59. The van der Waals surface area contributed by atoms with Crippen molar-refractivity contribution >= 4 is 34.6 Å². The van der Waals surface area contributed by atoms with Crippen molar-refractivity contribution in [3.63, 3.8) is 0 Å². The molecule has 0 unspecified atom stereocenters. The zero-order valence-corrected chi connectivity index (χ0v) is 20.1. The van der Waals surface area contributed by atoms with Crippen LogP contribution in [0.25, 0.3) is 11.1 Å². The monoisotopic (exact) mass is 510 g/mol. The van der Waals surface area contributed by atoms with Gasteiger partial charge in [0.15, 0.2) is 0 Å². The van der Waals surface area contributed by atoms with Gasteiger partial charge in [0.2, 0.25) is 5.56 Å². The molecule has 0 saturated heterocycles. The van der Waals surface area contributed by atoms with Crippen LogP contribution in [0.4, 0.5) is 4.39 Å². The molecule has 178 valence electrons. The average Bonchev–Trinajstić information content (AvgIpc) is 3.34. The molecule has 0 spiro atoms. The lowest BCUT2D eigenvalue weighted by molar-refractivity contribution is 0.0702. The zero-order valence-electron chi connectivity index (χ0n) is 18.5. The summed E-state index contributed by atoms with van der Waals surface area (Å²) in [4.78, 5) is 23.2. The van der Waals surface area contributed by atoms with Crippen LogP contribution in [-0.2, 0) is 7.05 Å². The summed E-state index contributed by atoms with van der Waals surface area (Å²) in [6, 6.07) is 16.3. The molecule has 0 fully saturated rings. The molecule has 6 nitrogen and oxygen atoms in total. The number of carboxylic acid groups (broad SMARTS) is 1. The number of carboxylic acids is 1. The number of halogens is 2. The Labute approximate surface area is 209 Å². The van der Waals surface area contributed by atoms with E-state index in [4.69, 9.17) is 11.6 Å². The maximum Gasteiger partial charge on any atom is 0.345 e. The number of benzene rings is 2. The van der Waals surface area contributed by atoms with Gasteiger partial charge in [-0.15, -0.1) is 11.3 Å². The minimum atomic E-state index is -0.981. The number of pyridine rings is 1. The Bertz CT molecular complexity index is 1480. The van der Waals surface area contributed by atoms with Gasteiger partial charge in [0.25, 0.3) is 0 Å². The lowest BCUT2D eigenvalue weighted by atomic mass is 9.85. The van der Waals surface area contributed by atoms with Crippen LogP contribution in [0.5, 0.6) is 0 Å². The number of nitrogens with zero attached hydrogens (tertiary/aromatic N) is 2. The average molecular weight is 511 g/mol. The minimum absolute atomic E-state index is 0.147. The van der Waals surface area contributed by atoms with Crippen molar-refractivity contribution < 1.29 is 19.5 Å². The van der Waals surface area contributed by atoms with Gasteiger partial charge in [-0.3, -0.25) is 4.79 Å². The Kier molecular flexibility index (Phi) is 7.14. The molecule has 2 aromatic carbocycles. The first kappa shape index (κ1) is 24.4. The first-order valence-electron chi connectivity index (χ1n) is 10.5. The summed E-state index contributed by atoms with van der Waals surface area (Å²) in [5.74, 6) is -2.00. The molecule has 1 atom stereocenters. The number of carbonyl (C=O) groups is 1. The molecular weight excluding hydrogens is 491 g/mol. The van der Waals surface area contributed by atoms with Gasteiger partial charge in [-0.1, -0.05) is 47.1 Å². The molecular formula is C26H20ClFN2O4S. The van der Waals surface area contributed by atoms with Crippen LogP contribution in [-0.4, -0.2) is 26.6 Å². The van der Waals surface area contributed by atoms with Gasteiger partial charge in [-0.25, -0.2) is 9.18 Å². The third-order valence-corrected chi connectivity index (χ3v) is 6.89. The normalized spacial score (nSPS) is 12.5. The predicted molar refractivity (Wildman–Crippen MR) is 135 cm³/mol. The van der Waals surface area contributed by atoms with Crippen LogP contribution < -0.4 is 5.56 Å². The summed E-state index contributed by atoms with van der Waals surface area (Å²) in [6.07, 6.45) is 1.71. The third-order valence-electron chi connectivity index (χ3n) is 5.73. The highest BCUT2D eigenvalue weighted by Crippen LogP contribution is 2.34. The smallest absolute Gasteiger partial charge is 0.345 e. The topological polar surface area (TPSA) is 91.9 Å². The fourth-order valence-corrected chi connectivity index (χ4v) is 4.79. The largest absolute Gasteiger partial charge is 0.477 e. The van der Waals surface area contributed by atoms with E-state index in [-0.39, 0.29) is 27.6 Å². The highest BCUT2D eigenvalue weighted by Gasteiger charge is 2.22. The first-order valence-corrected chi connectivity index (χ1v) is 11.8. The van der Waals surface area contributed by atoms with Gasteiger partial charge in [0.1, 0.15) is 10.7 Å². The van der Waals surface area contributed by atoms with E-state index in [2.05, 4.69) is 5.16 Å². The van der Waals surface area contributed by atoms with Crippen LogP contribution >= 0.6 is 22.9 Å². The molecule has 0 radical (unpaired) electrons. The summed E-state index contributed by atoms with van der Waals surface area (Å²) < 4.78 is 16.4. The van der Waals surface area contributed by atoms with E-state index < -0.39 is 17.7 Å². The molecule has 2 aromatic heterocycles. The molecule has 0 amide bonds. The molecule has 0 saturated carbocycles. The number of hydrogen-bond donors (Lipinski definition) is 2. The van der Waals surface area contributed by atoms with Crippen LogP contribution in [0.2, 0.25) is 5.02 Å². The second-order valence-corrected chi connectivity index (χ2v) is 9.31. The van der Waals surface area contributed by atoms with Crippen molar-refractivity contribution in [3.8, 4) is 11.1 Å². The molecule has 4 aromatic rings. The molecule has 35 heavy (non-hydrogen) atoms. The number of thiophene rings is 1. The molecule has 4 rings (SSSR count). The van der Waals surface area contributed by atoms with E-state index in [0.29, 0.717) is 11.1 Å². The van der Waals surface area contributed by atoms with Gasteiger partial charge in [-0.2, -0.15) is 0 Å². The quantitative estimate of drug-likeness (QED) is 0.181. The first-order chi connectivity index (χ1) is 16.8. The highest BCUT2D eigenvalue weighted by atomic mass is 35.5. The zero-order chi connectivity index (χ0) is 25.1. The summed E-state index contributed by atoms with van der Waals surface area (Å²) in [5, 5.41) is 24.4. The number of oxime groups is 1.